The summed E-state index contributed by atoms with van der Waals surface area (Å²) < 4.78 is 26.8. The van der Waals surface area contributed by atoms with Crippen molar-refractivity contribution in [3.05, 3.63) is 40.9 Å². The molecule has 1 aromatic rings. The van der Waals surface area contributed by atoms with Crippen molar-refractivity contribution in [3.63, 3.8) is 0 Å². The van der Waals surface area contributed by atoms with Crippen LogP contribution in [0.25, 0.3) is 0 Å². The molecule has 3 nitrogen and oxygen atoms in total. The molecule has 0 saturated heterocycles. The Morgan fingerprint density at radius 3 is 2.44 bits per heavy atom. The maximum Gasteiger partial charge on any atom is 0.240 e. The summed E-state index contributed by atoms with van der Waals surface area (Å²) in [6.07, 6.45) is 0.574. The van der Waals surface area contributed by atoms with E-state index in [0.29, 0.717) is 17.9 Å². The molecule has 0 heterocycles. The summed E-state index contributed by atoms with van der Waals surface area (Å²) in [5.74, 6) is 0. The minimum Gasteiger partial charge on any atom is -0.211 e. The van der Waals surface area contributed by atoms with Crippen molar-refractivity contribution in [2.75, 3.05) is 6.54 Å². The molecular formula is C11H14BrNO2S. The zero-order chi connectivity index (χ0) is 12.2. The van der Waals surface area contributed by atoms with Gasteiger partial charge in [-0.15, -0.1) is 0 Å². The molecule has 0 unspecified atom stereocenters. The molecular weight excluding hydrogens is 290 g/mol. The summed E-state index contributed by atoms with van der Waals surface area (Å²) in [5.41, 5.74) is 1.03. The van der Waals surface area contributed by atoms with E-state index in [-0.39, 0.29) is 0 Å². The highest BCUT2D eigenvalue weighted by Crippen LogP contribution is 2.11. The van der Waals surface area contributed by atoms with Gasteiger partial charge in [-0.05, 0) is 30.0 Å². The van der Waals surface area contributed by atoms with E-state index in [1.54, 1.807) is 24.3 Å². The van der Waals surface area contributed by atoms with Crippen molar-refractivity contribution in [1.82, 2.24) is 4.72 Å². The van der Waals surface area contributed by atoms with Gasteiger partial charge in [-0.2, -0.15) is 0 Å². The molecule has 0 aliphatic rings. The van der Waals surface area contributed by atoms with E-state index in [9.17, 15) is 8.42 Å². The highest BCUT2D eigenvalue weighted by atomic mass is 79.9. The largest absolute Gasteiger partial charge is 0.240 e. The molecule has 16 heavy (non-hydrogen) atoms. The number of sulfonamides is 1. The predicted molar refractivity (Wildman–Crippen MR) is 69.1 cm³/mol. The first kappa shape index (κ1) is 13.4. The summed E-state index contributed by atoms with van der Waals surface area (Å²) in [4.78, 5) is 0.290. The third-order valence-electron chi connectivity index (χ3n) is 2.02. The summed E-state index contributed by atoms with van der Waals surface area (Å²) in [6, 6.07) is 6.75. The first-order valence-corrected chi connectivity index (χ1v) is 7.09. The Hall–Kier alpha value is -0.650. The number of benzene rings is 1. The van der Waals surface area contributed by atoms with E-state index >= 15 is 0 Å². The maximum atomic E-state index is 11.8. The van der Waals surface area contributed by atoms with Crippen LogP contribution < -0.4 is 4.72 Å². The van der Waals surface area contributed by atoms with Crippen molar-refractivity contribution in [3.8, 4) is 0 Å². The van der Waals surface area contributed by atoms with E-state index in [1.165, 1.54) is 0 Å². The lowest BCUT2D eigenvalue weighted by molar-refractivity contribution is 0.582. The van der Waals surface area contributed by atoms with E-state index < -0.39 is 10.0 Å². The maximum absolute atomic E-state index is 11.8. The number of hydrogen-bond donors (Lipinski definition) is 1. The Labute approximate surface area is 105 Å². The van der Waals surface area contributed by atoms with Gasteiger partial charge in [0.25, 0.3) is 0 Å². The normalized spacial score (nSPS) is 11.4. The van der Waals surface area contributed by atoms with Crippen molar-refractivity contribution >= 4 is 26.0 Å². The smallest absolute Gasteiger partial charge is 0.211 e. The molecule has 0 aliphatic carbocycles. The van der Waals surface area contributed by atoms with Crippen LogP contribution in [0.3, 0.4) is 0 Å². The highest BCUT2D eigenvalue weighted by Gasteiger charge is 2.12. The highest BCUT2D eigenvalue weighted by molar-refractivity contribution is 9.11. The lowest BCUT2D eigenvalue weighted by Crippen LogP contribution is -2.24. The van der Waals surface area contributed by atoms with Gasteiger partial charge in [-0.1, -0.05) is 40.2 Å². The quantitative estimate of drug-likeness (QED) is 0.909. The van der Waals surface area contributed by atoms with Gasteiger partial charge in [0.15, 0.2) is 0 Å². The van der Waals surface area contributed by atoms with Crippen LogP contribution in [0.1, 0.15) is 12.0 Å². The fourth-order valence-electron chi connectivity index (χ4n) is 1.12. The predicted octanol–water partition coefficient (Wildman–Crippen LogP) is 2.57. The first-order valence-electron chi connectivity index (χ1n) is 4.81. The van der Waals surface area contributed by atoms with Gasteiger partial charge in [-0.25, -0.2) is 13.1 Å². The first-order chi connectivity index (χ1) is 7.42. The van der Waals surface area contributed by atoms with Crippen LogP contribution in [0.2, 0.25) is 0 Å². The standard InChI is InChI=1S/C11H14BrNO2S/c1-9-3-5-11(6-4-9)16(14,15)13-8-7-10(2)12/h3-6,13H,2,7-8H2,1H3. The molecule has 0 bridgehead atoms. The van der Waals surface area contributed by atoms with Crippen molar-refractivity contribution < 1.29 is 8.42 Å². The molecule has 88 valence electrons. The molecule has 0 amide bonds. The van der Waals surface area contributed by atoms with Crippen LogP contribution in [0, 0.1) is 6.92 Å². The average molecular weight is 304 g/mol. The molecule has 1 aromatic carbocycles. The summed E-state index contributed by atoms with van der Waals surface area (Å²) in [6.45, 7) is 5.90. The molecule has 0 spiro atoms. The number of halogens is 1. The van der Waals surface area contributed by atoms with Crippen molar-refractivity contribution in [2.45, 2.75) is 18.2 Å². The van der Waals surface area contributed by atoms with Crippen LogP contribution in [0.15, 0.2) is 40.2 Å². The summed E-state index contributed by atoms with van der Waals surface area (Å²) in [7, 11) is -3.38. The Bertz CT molecular complexity index is 465. The summed E-state index contributed by atoms with van der Waals surface area (Å²) in [5, 5.41) is 0. The van der Waals surface area contributed by atoms with Gasteiger partial charge >= 0.3 is 0 Å². The Morgan fingerprint density at radius 2 is 1.94 bits per heavy atom. The van der Waals surface area contributed by atoms with Gasteiger partial charge in [0, 0.05) is 6.54 Å². The SMILES string of the molecule is C=C(Br)CCNS(=O)(=O)c1ccc(C)cc1. The third-order valence-corrected chi connectivity index (χ3v) is 3.89. The second kappa shape index (κ2) is 5.61. The number of aryl methyl sites for hydroxylation is 1. The van der Waals surface area contributed by atoms with Crippen molar-refractivity contribution in [2.24, 2.45) is 0 Å². The Morgan fingerprint density at radius 1 is 1.38 bits per heavy atom. The van der Waals surface area contributed by atoms with Gasteiger partial charge < -0.3 is 0 Å². The molecule has 0 saturated carbocycles. The lowest BCUT2D eigenvalue weighted by atomic mass is 10.2. The molecule has 5 heteroatoms. The van der Waals surface area contributed by atoms with Gasteiger partial charge in [-0.3, -0.25) is 0 Å². The molecule has 0 aliphatic heterocycles. The second-order valence-electron chi connectivity index (χ2n) is 3.48. The Kier molecular flexibility index (Phi) is 4.70. The number of hydrogen-bond acceptors (Lipinski definition) is 2. The van der Waals surface area contributed by atoms with E-state index in [4.69, 9.17) is 0 Å². The van der Waals surface area contributed by atoms with Crippen molar-refractivity contribution in [1.29, 1.82) is 0 Å². The topological polar surface area (TPSA) is 46.2 Å². The van der Waals surface area contributed by atoms with Crippen LogP contribution in [0.4, 0.5) is 0 Å². The van der Waals surface area contributed by atoms with E-state index in [1.807, 2.05) is 6.92 Å². The zero-order valence-corrected chi connectivity index (χ0v) is 11.4. The minimum atomic E-state index is -3.38. The Balaban J connectivity index is 2.71. The second-order valence-corrected chi connectivity index (χ2v) is 6.37. The monoisotopic (exact) mass is 303 g/mol. The number of nitrogens with one attached hydrogen (secondary N) is 1. The van der Waals surface area contributed by atoms with Crippen LogP contribution in [0.5, 0.6) is 0 Å². The molecule has 1 rings (SSSR count). The zero-order valence-electron chi connectivity index (χ0n) is 9.03. The van der Waals surface area contributed by atoms with Gasteiger partial charge in [0.2, 0.25) is 10.0 Å². The fourth-order valence-corrected chi connectivity index (χ4v) is 2.35. The fraction of sp³-hybridized carbons (Fsp3) is 0.273. The number of rotatable bonds is 5. The average Bonchev–Trinajstić information content (AvgIpc) is 2.17. The summed E-state index contributed by atoms with van der Waals surface area (Å²) >= 11 is 3.18. The third kappa shape index (κ3) is 4.08. The molecule has 1 N–H and O–H groups in total. The van der Waals surface area contributed by atoms with E-state index in [2.05, 4.69) is 27.2 Å². The van der Waals surface area contributed by atoms with Crippen LogP contribution in [-0.2, 0) is 10.0 Å². The molecule has 0 aromatic heterocycles. The van der Waals surface area contributed by atoms with Gasteiger partial charge in [0.1, 0.15) is 0 Å². The molecule has 0 radical (unpaired) electrons. The lowest BCUT2D eigenvalue weighted by Gasteiger charge is -2.06. The molecule has 0 atom stereocenters. The van der Waals surface area contributed by atoms with Gasteiger partial charge in [0.05, 0.1) is 4.90 Å². The van der Waals surface area contributed by atoms with E-state index in [0.717, 1.165) is 10.0 Å². The molecule has 0 fully saturated rings. The minimum absolute atomic E-state index is 0.290. The van der Waals surface area contributed by atoms with Crippen LogP contribution in [-0.4, -0.2) is 15.0 Å². The van der Waals surface area contributed by atoms with Crippen LogP contribution >= 0.6 is 15.9 Å².